The van der Waals surface area contributed by atoms with Gasteiger partial charge in [0.05, 0.1) is 0 Å². The Labute approximate surface area is 184 Å². The van der Waals surface area contributed by atoms with Gasteiger partial charge < -0.3 is 14.4 Å². The van der Waals surface area contributed by atoms with Crippen molar-refractivity contribution in [3.63, 3.8) is 0 Å². The van der Waals surface area contributed by atoms with Crippen molar-refractivity contribution in [3.05, 3.63) is 65.7 Å². The SMILES string of the molecule is CN(C(=O)OCc1ccccc1)c1cccc(C2CCCN(C(=O)OC(C)(C)C)C2)c1. The molecule has 31 heavy (non-hydrogen) atoms. The first kappa shape index (κ1) is 22.7. The summed E-state index contributed by atoms with van der Waals surface area (Å²) in [5, 5.41) is 0. The van der Waals surface area contributed by atoms with Gasteiger partial charge >= 0.3 is 12.2 Å². The third kappa shape index (κ3) is 6.48. The number of hydrogen-bond acceptors (Lipinski definition) is 4. The Hall–Kier alpha value is -3.02. The van der Waals surface area contributed by atoms with E-state index in [2.05, 4.69) is 6.07 Å². The van der Waals surface area contributed by atoms with Crippen LogP contribution in [0.1, 0.15) is 50.7 Å². The van der Waals surface area contributed by atoms with Crippen LogP contribution in [0.15, 0.2) is 54.6 Å². The molecule has 166 valence electrons. The summed E-state index contributed by atoms with van der Waals surface area (Å²) in [5.41, 5.74) is 2.31. The van der Waals surface area contributed by atoms with Crippen LogP contribution in [0.4, 0.5) is 15.3 Å². The van der Waals surface area contributed by atoms with Gasteiger partial charge in [0.15, 0.2) is 0 Å². The van der Waals surface area contributed by atoms with Crippen LogP contribution >= 0.6 is 0 Å². The molecule has 0 aromatic heterocycles. The van der Waals surface area contributed by atoms with Crippen molar-refractivity contribution in [3.8, 4) is 0 Å². The first-order valence-corrected chi connectivity index (χ1v) is 10.8. The Morgan fingerprint density at radius 1 is 1.10 bits per heavy atom. The van der Waals surface area contributed by atoms with Crippen LogP contribution in [0.25, 0.3) is 0 Å². The number of nitrogens with zero attached hydrogens (tertiary/aromatic N) is 2. The molecule has 1 aliphatic rings. The second-order valence-electron chi connectivity index (χ2n) is 8.96. The van der Waals surface area contributed by atoms with Crippen LogP contribution in [0.2, 0.25) is 0 Å². The Kier molecular flexibility index (Phi) is 7.21. The molecule has 2 aromatic rings. The van der Waals surface area contributed by atoms with Gasteiger partial charge in [-0.1, -0.05) is 42.5 Å². The highest BCUT2D eigenvalue weighted by atomic mass is 16.6. The molecule has 1 aliphatic heterocycles. The predicted molar refractivity (Wildman–Crippen MR) is 121 cm³/mol. The van der Waals surface area contributed by atoms with Crippen LogP contribution < -0.4 is 4.90 Å². The molecule has 0 radical (unpaired) electrons. The first-order valence-electron chi connectivity index (χ1n) is 10.8. The number of carbonyl (C=O) groups is 2. The fourth-order valence-corrected chi connectivity index (χ4v) is 3.65. The average Bonchev–Trinajstić information content (AvgIpc) is 2.76. The molecule has 0 bridgehead atoms. The van der Waals surface area contributed by atoms with E-state index in [-0.39, 0.29) is 18.6 Å². The zero-order valence-corrected chi connectivity index (χ0v) is 18.8. The van der Waals surface area contributed by atoms with Crippen molar-refractivity contribution in [2.75, 3.05) is 25.0 Å². The van der Waals surface area contributed by atoms with E-state index in [4.69, 9.17) is 9.47 Å². The minimum Gasteiger partial charge on any atom is -0.444 e. The largest absolute Gasteiger partial charge is 0.444 e. The highest BCUT2D eigenvalue weighted by Crippen LogP contribution is 2.30. The van der Waals surface area contributed by atoms with Gasteiger partial charge in [0.2, 0.25) is 0 Å². The molecule has 6 nitrogen and oxygen atoms in total. The summed E-state index contributed by atoms with van der Waals surface area (Å²) in [6.07, 6.45) is 1.24. The average molecular weight is 425 g/mol. The van der Waals surface area contributed by atoms with E-state index >= 15 is 0 Å². The van der Waals surface area contributed by atoms with Crippen molar-refractivity contribution in [2.45, 2.75) is 51.7 Å². The van der Waals surface area contributed by atoms with Gasteiger partial charge in [0.25, 0.3) is 0 Å². The summed E-state index contributed by atoms with van der Waals surface area (Å²) in [6.45, 7) is 7.18. The summed E-state index contributed by atoms with van der Waals surface area (Å²) in [7, 11) is 1.71. The minimum atomic E-state index is -0.507. The summed E-state index contributed by atoms with van der Waals surface area (Å²) in [5.74, 6) is 0.204. The number of rotatable bonds is 4. The van der Waals surface area contributed by atoms with Gasteiger partial charge in [0.1, 0.15) is 12.2 Å². The molecule has 1 heterocycles. The van der Waals surface area contributed by atoms with Gasteiger partial charge in [-0.05, 0) is 56.9 Å². The molecule has 0 spiro atoms. The second kappa shape index (κ2) is 9.86. The molecule has 0 N–H and O–H groups in total. The molecule has 3 rings (SSSR count). The number of anilines is 1. The fourth-order valence-electron chi connectivity index (χ4n) is 3.65. The van der Waals surface area contributed by atoms with Gasteiger partial charge in [-0.15, -0.1) is 0 Å². The molecule has 2 amide bonds. The van der Waals surface area contributed by atoms with Gasteiger partial charge in [-0.3, -0.25) is 4.90 Å². The minimum absolute atomic E-state index is 0.204. The topological polar surface area (TPSA) is 59.1 Å². The molecule has 1 saturated heterocycles. The molecule has 2 aromatic carbocycles. The van der Waals surface area contributed by atoms with Crippen molar-refractivity contribution in [2.24, 2.45) is 0 Å². The van der Waals surface area contributed by atoms with E-state index in [1.54, 1.807) is 11.9 Å². The van der Waals surface area contributed by atoms with E-state index < -0.39 is 11.7 Å². The molecule has 1 fully saturated rings. The zero-order valence-electron chi connectivity index (χ0n) is 18.8. The monoisotopic (exact) mass is 424 g/mol. The van der Waals surface area contributed by atoms with Gasteiger partial charge in [-0.25, -0.2) is 9.59 Å². The lowest BCUT2D eigenvalue weighted by Gasteiger charge is -2.34. The second-order valence-corrected chi connectivity index (χ2v) is 8.96. The Morgan fingerprint density at radius 3 is 2.55 bits per heavy atom. The van der Waals surface area contributed by atoms with Crippen molar-refractivity contribution in [1.29, 1.82) is 0 Å². The van der Waals surface area contributed by atoms with Crippen molar-refractivity contribution in [1.82, 2.24) is 4.90 Å². The lowest BCUT2D eigenvalue weighted by atomic mass is 9.90. The van der Waals surface area contributed by atoms with E-state index in [9.17, 15) is 9.59 Å². The summed E-state index contributed by atoms with van der Waals surface area (Å²) >= 11 is 0. The molecule has 6 heteroatoms. The lowest BCUT2D eigenvalue weighted by molar-refractivity contribution is 0.0198. The number of likely N-dealkylation sites (tertiary alicyclic amines) is 1. The number of hydrogen-bond donors (Lipinski definition) is 0. The van der Waals surface area contributed by atoms with Crippen molar-refractivity contribution >= 4 is 17.9 Å². The maximum absolute atomic E-state index is 12.5. The van der Waals surface area contributed by atoms with E-state index in [0.717, 1.165) is 29.7 Å². The van der Waals surface area contributed by atoms with E-state index in [0.29, 0.717) is 13.1 Å². The molecule has 0 aliphatic carbocycles. The van der Waals surface area contributed by atoms with Crippen LogP contribution in [0, 0.1) is 0 Å². The number of benzene rings is 2. The zero-order chi connectivity index (χ0) is 22.4. The first-order chi connectivity index (χ1) is 14.7. The lowest BCUT2D eigenvalue weighted by Crippen LogP contribution is -2.42. The highest BCUT2D eigenvalue weighted by molar-refractivity contribution is 5.87. The van der Waals surface area contributed by atoms with Gasteiger partial charge in [-0.2, -0.15) is 0 Å². The van der Waals surface area contributed by atoms with Crippen LogP contribution in [0.3, 0.4) is 0 Å². The Morgan fingerprint density at radius 2 is 1.84 bits per heavy atom. The van der Waals surface area contributed by atoms with Crippen molar-refractivity contribution < 1.29 is 19.1 Å². The number of ether oxygens (including phenoxy) is 2. The third-order valence-corrected chi connectivity index (χ3v) is 5.28. The van der Waals surface area contributed by atoms with Crippen LogP contribution in [0.5, 0.6) is 0 Å². The molecular formula is C25H32N2O4. The predicted octanol–water partition coefficient (Wildman–Crippen LogP) is 5.57. The normalized spacial score (nSPS) is 16.5. The fraction of sp³-hybridized carbons (Fsp3) is 0.440. The summed E-state index contributed by atoms with van der Waals surface area (Å²) < 4.78 is 11.0. The van der Waals surface area contributed by atoms with Crippen LogP contribution in [-0.4, -0.2) is 42.8 Å². The van der Waals surface area contributed by atoms with E-state index in [1.807, 2.05) is 69.3 Å². The Bertz CT molecular complexity index is 892. The summed E-state index contributed by atoms with van der Waals surface area (Å²) in [6, 6.07) is 17.5. The number of carbonyl (C=O) groups excluding carboxylic acids is 2. The number of piperidine rings is 1. The summed E-state index contributed by atoms with van der Waals surface area (Å²) in [4.78, 5) is 28.3. The van der Waals surface area contributed by atoms with Gasteiger partial charge in [0, 0.05) is 31.7 Å². The quantitative estimate of drug-likeness (QED) is 0.643. The standard InChI is InChI=1S/C25H32N2O4/c1-25(2,3)31-24(29)27-15-9-13-21(17-27)20-12-8-14-22(16-20)26(4)23(28)30-18-19-10-6-5-7-11-19/h5-8,10-12,14,16,21H,9,13,15,17-18H2,1-4H3. The van der Waals surface area contributed by atoms with E-state index in [1.165, 1.54) is 4.90 Å². The highest BCUT2D eigenvalue weighted by Gasteiger charge is 2.28. The molecule has 1 unspecified atom stereocenters. The number of amides is 2. The maximum atomic E-state index is 12.5. The molecular weight excluding hydrogens is 392 g/mol. The molecule has 0 saturated carbocycles. The van der Waals surface area contributed by atoms with Crippen LogP contribution in [-0.2, 0) is 16.1 Å². The third-order valence-electron chi connectivity index (χ3n) is 5.28. The smallest absolute Gasteiger partial charge is 0.414 e. The maximum Gasteiger partial charge on any atom is 0.414 e. The Balaban J connectivity index is 1.63. The molecule has 1 atom stereocenters.